The van der Waals surface area contributed by atoms with E-state index < -0.39 is 11.9 Å². The number of carbonyl (C=O) groups is 3. The number of aliphatic carboxylic acids is 2. The van der Waals surface area contributed by atoms with Crippen molar-refractivity contribution in [3.05, 3.63) is 102 Å². The Bertz CT molecular complexity index is 1730. The van der Waals surface area contributed by atoms with Crippen LogP contribution in [0.15, 0.2) is 85.0 Å². The van der Waals surface area contributed by atoms with Crippen LogP contribution in [0, 0.1) is 0 Å². The molecule has 5 rings (SSSR count). The molecule has 2 heterocycles. The van der Waals surface area contributed by atoms with Crippen LogP contribution in [0.4, 0.5) is 0 Å². The van der Waals surface area contributed by atoms with Crippen LogP contribution in [0.5, 0.6) is 17.2 Å². The highest BCUT2D eigenvalue weighted by molar-refractivity contribution is 5.97. The predicted octanol–water partition coefficient (Wildman–Crippen LogP) is 4.88. The van der Waals surface area contributed by atoms with Crippen molar-refractivity contribution >= 4 is 34.8 Å². The highest BCUT2D eigenvalue weighted by Crippen LogP contribution is 2.38. The zero-order valence-electron chi connectivity index (χ0n) is 27.9. The first-order valence-electron chi connectivity index (χ1n) is 15.8. The van der Waals surface area contributed by atoms with E-state index in [2.05, 4.69) is 56.9 Å². The standard InChI is InChI=1S/C33H38N4O4.C4H4O4/c1-39-30-22-26(23-31(40-2)33(30)41-3)29(38)15-17-37-28-14-8-7-13-27(28)34-32(37)24-36-20-18-35(19-21-36)16-9-12-25-10-5-4-6-11-25;5-3(6)1-2-4(7)8/h4-14,22-23H,15-21,24H2,1-3H3;1-2H,(H,5,6)(H,7,8)/b12-9+;2-1-. The number of nitrogens with zero attached hydrogens (tertiary/aromatic N) is 4. The smallest absolute Gasteiger partial charge is 0.328 e. The van der Waals surface area contributed by atoms with Crippen molar-refractivity contribution in [2.45, 2.75) is 19.5 Å². The summed E-state index contributed by atoms with van der Waals surface area (Å²) in [7, 11) is 4.66. The third-order valence-corrected chi connectivity index (χ3v) is 7.95. The van der Waals surface area contributed by atoms with Gasteiger partial charge in [0.15, 0.2) is 17.3 Å². The minimum Gasteiger partial charge on any atom is -0.493 e. The van der Waals surface area contributed by atoms with Gasteiger partial charge < -0.3 is 29.0 Å². The van der Waals surface area contributed by atoms with Gasteiger partial charge in [0.25, 0.3) is 0 Å². The molecule has 2 N–H and O–H groups in total. The van der Waals surface area contributed by atoms with E-state index in [1.54, 1.807) is 33.5 Å². The van der Waals surface area contributed by atoms with Crippen LogP contribution in [0.1, 0.15) is 28.2 Å². The van der Waals surface area contributed by atoms with Gasteiger partial charge in [0.05, 0.1) is 38.9 Å². The molecule has 1 fully saturated rings. The number of rotatable bonds is 14. The highest BCUT2D eigenvalue weighted by atomic mass is 16.5. The van der Waals surface area contributed by atoms with Gasteiger partial charge in [-0.05, 0) is 29.8 Å². The number of carboxylic acid groups (broad SMARTS) is 2. The number of carbonyl (C=O) groups excluding carboxylic acids is 1. The molecule has 0 atom stereocenters. The Morgan fingerprint density at radius 1 is 0.796 bits per heavy atom. The number of aromatic nitrogens is 2. The van der Waals surface area contributed by atoms with Crippen molar-refractivity contribution < 1.29 is 38.8 Å². The van der Waals surface area contributed by atoms with Crippen LogP contribution < -0.4 is 14.2 Å². The van der Waals surface area contributed by atoms with Crippen molar-refractivity contribution in [1.82, 2.24) is 19.4 Å². The lowest BCUT2D eigenvalue weighted by Gasteiger charge is -2.34. The van der Waals surface area contributed by atoms with Gasteiger partial charge >= 0.3 is 11.9 Å². The molecule has 0 aliphatic carbocycles. The molecule has 258 valence electrons. The molecule has 4 aromatic rings. The van der Waals surface area contributed by atoms with Crippen LogP contribution in [0.25, 0.3) is 17.1 Å². The topological polar surface area (TPSA) is 144 Å². The first kappa shape index (κ1) is 36.4. The number of para-hydroxylation sites is 2. The number of piperazine rings is 1. The number of fused-ring (bicyclic) bond motifs is 1. The van der Waals surface area contributed by atoms with Gasteiger partial charge in [-0.25, -0.2) is 14.6 Å². The summed E-state index contributed by atoms with van der Waals surface area (Å²) in [6, 6.07) is 22.0. The van der Waals surface area contributed by atoms with E-state index in [0.29, 0.717) is 47.9 Å². The van der Waals surface area contributed by atoms with E-state index >= 15 is 0 Å². The number of aryl methyl sites for hydroxylation is 1. The van der Waals surface area contributed by atoms with Gasteiger partial charge in [0.2, 0.25) is 5.75 Å². The fourth-order valence-corrected chi connectivity index (χ4v) is 5.47. The Labute approximate surface area is 285 Å². The van der Waals surface area contributed by atoms with Crippen LogP contribution in [0.2, 0.25) is 0 Å². The summed E-state index contributed by atoms with van der Waals surface area (Å²) >= 11 is 0. The number of hydrogen-bond donors (Lipinski definition) is 2. The van der Waals surface area contributed by atoms with E-state index in [1.165, 1.54) is 5.56 Å². The molecule has 1 aromatic heterocycles. The van der Waals surface area contributed by atoms with Crippen molar-refractivity contribution in [2.75, 3.05) is 54.1 Å². The molecule has 0 amide bonds. The van der Waals surface area contributed by atoms with Crippen molar-refractivity contribution in [3.8, 4) is 17.2 Å². The number of Topliss-reactive ketones (excluding diaryl/α,β-unsaturated/α-hetero) is 1. The molecule has 3 aromatic carbocycles. The predicted molar refractivity (Wildman–Crippen MR) is 186 cm³/mol. The number of ether oxygens (including phenoxy) is 3. The van der Waals surface area contributed by atoms with Crippen molar-refractivity contribution in [1.29, 1.82) is 0 Å². The van der Waals surface area contributed by atoms with Crippen LogP contribution in [-0.2, 0) is 22.7 Å². The average Bonchev–Trinajstić information content (AvgIpc) is 3.46. The number of benzene rings is 3. The lowest BCUT2D eigenvalue weighted by Crippen LogP contribution is -2.46. The largest absolute Gasteiger partial charge is 0.493 e. The number of ketones is 1. The van der Waals surface area contributed by atoms with E-state index in [1.807, 2.05) is 24.3 Å². The fourth-order valence-electron chi connectivity index (χ4n) is 5.47. The normalized spacial score (nSPS) is 13.7. The number of carboxylic acids is 2. The molecule has 1 aliphatic rings. The van der Waals surface area contributed by atoms with E-state index in [4.69, 9.17) is 29.4 Å². The maximum absolute atomic E-state index is 13.3. The summed E-state index contributed by atoms with van der Waals surface area (Å²) in [6.45, 7) is 6.22. The molecular formula is C37H42N4O8. The minimum atomic E-state index is -1.26. The minimum absolute atomic E-state index is 0.00477. The molecule has 0 radical (unpaired) electrons. The molecule has 0 bridgehead atoms. The second kappa shape index (κ2) is 18.2. The molecule has 0 saturated carbocycles. The van der Waals surface area contributed by atoms with Crippen LogP contribution in [0.3, 0.4) is 0 Å². The summed E-state index contributed by atoms with van der Waals surface area (Å²) in [5.74, 6) is -0.106. The van der Waals surface area contributed by atoms with E-state index in [9.17, 15) is 14.4 Å². The van der Waals surface area contributed by atoms with Gasteiger partial charge in [0.1, 0.15) is 5.82 Å². The molecular weight excluding hydrogens is 628 g/mol. The van der Waals surface area contributed by atoms with E-state index in [0.717, 1.165) is 56.1 Å². The summed E-state index contributed by atoms with van der Waals surface area (Å²) < 4.78 is 18.5. The zero-order chi connectivity index (χ0) is 35.2. The summed E-state index contributed by atoms with van der Waals surface area (Å²) in [4.78, 5) is 42.3. The van der Waals surface area contributed by atoms with Gasteiger partial charge in [-0.1, -0.05) is 54.6 Å². The quantitative estimate of drug-likeness (QED) is 0.140. The lowest BCUT2D eigenvalue weighted by molar-refractivity contribution is -0.134. The average molecular weight is 671 g/mol. The SMILES string of the molecule is COc1cc(C(=O)CCn2c(CN3CCN(C/C=C/c4ccccc4)CC3)nc3ccccc32)cc(OC)c1OC.O=C(O)/C=C\C(=O)O. The Balaban J connectivity index is 0.000000603. The molecule has 49 heavy (non-hydrogen) atoms. The summed E-state index contributed by atoms with van der Waals surface area (Å²) in [5.41, 5.74) is 3.76. The highest BCUT2D eigenvalue weighted by Gasteiger charge is 2.21. The fraction of sp³-hybridized carbons (Fsp3) is 0.297. The summed E-state index contributed by atoms with van der Waals surface area (Å²) in [5, 5.41) is 15.6. The van der Waals surface area contributed by atoms with Gasteiger partial charge in [-0.2, -0.15) is 0 Å². The zero-order valence-corrected chi connectivity index (χ0v) is 27.9. The van der Waals surface area contributed by atoms with E-state index in [-0.39, 0.29) is 5.78 Å². The second-order valence-corrected chi connectivity index (χ2v) is 11.2. The maximum atomic E-state index is 13.3. The first-order valence-corrected chi connectivity index (χ1v) is 15.8. The molecule has 12 nitrogen and oxygen atoms in total. The molecule has 1 saturated heterocycles. The third-order valence-electron chi connectivity index (χ3n) is 7.95. The molecule has 1 aliphatic heterocycles. The third kappa shape index (κ3) is 10.5. The Morgan fingerprint density at radius 2 is 1.39 bits per heavy atom. The Hall–Kier alpha value is -5.46. The number of imidazole rings is 1. The maximum Gasteiger partial charge on any atom is 0.328 e. The van der Waals surface area contributed by atoms with Crippen LogP contribution >= 0.6 is 0 Å². The Morgan fingerprint density at radius 3 is 1.98 bits per heavy atom. The van der Waals surface area contributed by atoms with Gasteiger partial charge in [0, 0.05) is 63.4 Å². The molecule has 0 unspecified atom stereocenters. The Kier molecular flexibility index (Phi) is 13.5. The molecule has 12 heteroatoms. The van der Waals surface area contributed by atoms with Crippen molar-refractivity contribution in [2.24, 2.45) is 0 Å². The van der Waals surface area contributed by atoms with Crippen molar-refractivity contribution in [3.63, 3.8) is 0 Å². The molecule has 0 spiro atoms. The summed E-state index contributed by atoms with van der Waals surface area (Å²) in [6.07, 6.45) is 5.88. The lowest BCUT2D eigenvalue weighted by atomic mass is 10.1. The van der Waals surface area contributed by atoms with Gasteiger partial charge in [-0.15, -0.1) is 0 Å². The second-order valence-electron chi connectivity index (χ2n) is 11.2. The van der Waals surface area contributed by atoms with Crippen LogP contribution in [-0.4, -0.2) is 101 Å². The monoisotopic (exact) mass is 670 g/mol. The first-order chi connectivity index (χ1) is 23.7. The van der Waals surface area contributed by atoms with Gasteiger partial charge in [-0.3, -0.25) is 14.6 Å². The number of methoxy groups -OCH3 is 3. The number of hydrogen-bond acceptors (Lipinski definition) is 9.